The van der Waals surface area contributed by atoms with Crippen molar-refractivity contribution in [3.63, 3.8) is 0 Å². The van der Waals surface area contributed by atoms with Gasteiger partial charge in [0.1, 0.15) is 0 Å². The van der Waals surface area contributed by atoms with Crippen LogP contribution in [0.5, 0.6) is 0 Å². The van der Waals surface area contributed by atoms with Crippen molar-refractivity contribution in [2.24, 2.45) is 0 Å². The molecule has 0 saturated heterocycles. The summed E-state index contributed by atoms with van der Waals surface area (Å²) in [7, 11) is -3.20. The number of rotatable bonds is 3. The van der Waals surface area contributed by atoms with E-state index in [0.717, 1.165) is 21.5 Å². The van der Waals surface area contributed by atoms with Gasteiger partial charge in [0.05, 0.1) is 5.41 Å². The van der Waals surface area contributed by atoms with Crippen LogP contribution in [0.1, 0.15) is 22.3 Å². The minimum Gasteiger partial charge on any atom is -0.309 e. The molecule has 0 saturated carbocycles. The molecule has 0 atom stereocenters. The highest BCUT2D eigenvalue weighted by Gasteiger charge is 2.53. The van der Waals surface area contributed by atoms with E-state index in [2.05, 4.69) is 91.0 Å². The lowest BCUT2D eigenvalue weighted by atomic mass is 9.70. The summed E-state index contributed by atoms with van der Waals surface area (Å²) in [4.78, 5) is 0. The van der Waals surface area contributed by atoms with Crippen LogP contribution in [-0.2, 0) is 9.98 Å². The van der Waals surface area contributed by atoms with Gasteiger partial charge in [-0.1, -0.05) is 152 Å². The van der Waals surface area contributed by atoms with Gasteiger partial charge in [0.2, 0.25) is 0 Å². The predicted molar refractivity (Wildman–Crippen MR) is 162 cm³/mol. The summed E-state index contributed by atoms with van der Waals surface area (Å²) in [5.41, 5.74) is 9.44. The van der Waals surface area contributed by atoms with Crippen molar-refractivity contribution in [1.29, 1.82) is 0 Å². The first-order chi connectivity index (χ1) is 19.3. The molecule has 2 heteroatoms. The molecule has 8 rings (SSSR count). The number of hydrogen-bond acceptors (Lipinski definition) is 1. The third-order valence-electron chi connectivity index (χ3n) is 8.58. The van der Waals surface area contributed by atoms with E-state index in [4.69, 9.17) is 0 Å². The SMILES string of the molecule is O=P(c1ccccc1)(c1ccccc1)c1cccc2c1-c1ccccc1C21c2ccccc2-c2ccccc21. The second-order valence-corrected chi connectivity index (χ2v) is 13.1. The maximum atomic E-state index is 15.7. The highest BCUT2D eigenvalue weighted by Crippen LogP contribution is 2.63. The van der Waals surface area contributed by atoms with Gasteiger partial charge in [-0.05, 0) is 44.5 Å². The molecule has 0 heterocycles. The Morgan fingerprint density at radius 1 is 0.385 bits per heavy atom. The predicted octanol–water partition coefficient (Wildman–Crippen LogP) is 7.67. The molecule has 0 bridgehead atoms. The summed E-state index contributed by atoms with van der Waals surface area (Å²) in [6, 6.07) is 52.8. The van der Waals surface area contributed by atoms with Crippen molar-refractivity contribution < 1.29 is 4.57 Å². The summed E-state index contributed by atoms with van der Waals surface area (Å²) < 4.78 is 15.7. The van der Waals surface area contributed by atoms with Crippen LogP contribution in [0.4, 0.5) is 0 Å². The Morgan fingerprint density at radius 3 is 1.33 bits per heavy atom. The molecular formula is C37H25OP. The topological polar surface area (TPSA) is 17.1 Å². The van der Waals surface area contributed by atoms with E-state index in [-0.39, 0.29) is 0 Å². The molecular weight excluding hydrogens is 491 g/mol. The second kappa shape index (κ2) is 8.27. The van der Waals surface area contributed by atoms with Gasteiger partial charge in [0.25, 0.3) is 0 Å². The summed E-state index contributed by atoms with van der Waals surface area (Å²) in [5, 5.41) is 2.62. The van der Waals surface area contributed by atoms with Crippen LogP contribution in [0, 0.1) is 0 Å². The zero-order valence-electron chi connectivity index (χ0n) is 21.3. The normalized spacial score (nSPS) is 13.9. The third kappa shape index (κ3) is 2.83. The van der Waals surface area contributed by atoms with Gasteiger partial charge in [-0.3, -0.25) is 0 Å². The second-order valence-electron chi connectivity index (χ2n) is 10.4. The summed E-state index contributed by atoms with van der Waals surface area (Å²) in [6.45, 7) is 0. The summed E-state index contributed by atoms with van der Waals surface area (Å²) in [6.07, 6.45) is 0. The van der Waals surface area contributed by atoms with E-state index in [9.17, 15) is 0 Å². The Hall–Kier alpha value is -4.45. The van der Waals surface area contributed by atoms with Crippen molar-refractivity contribution in [2.75, 3.05) is 0 Å². The number of hydrogen-bond donors (Lipinski definition) is 0. The van der Waals surface area contributed by atoms with Gasteiger partial charge in [-0.25, -0.2) is 0 Å². The first-order valence-electron chi connectivity index (χ1n) is 13.4. The molecule has 2 aliphatic rings. The fourth-order valence-corrected chi connectivity index (χ4v) is 9.98. The van der Waals surface area contributed by atoms with Crippen LogP contribution in [0.15, 0.2) is 152 Å². The fourth-order valence-electron chi connectivity index (χ4n) is 7.09. The first kappa shape index (κ1) is 22.5. The molecule has 0 aromatic heterocycles. The molecule has 0 amide bonds. The average molecular weight is 517 g/mol. The highest BCUT2D eigenvalue weighted by atomic mass is 31.2. The van der Waals surface area contributed by atoms with Crippen molar-refractivity contribution in [3.8, 4) is 22.3 Å². The maximum Gasteiger partial charge on any atom is 0.171 e. The van der Waals surface area contributed by atoms with E-state index in [1.807, 2.05) is 60.7 Å². The molecule has 1 spiro atoms. The molecule has 1 nitrogen and oxygen atoms in total. The zero-order valence-corrected chi connectivity index (χ0v) is 22.2. The standard InChI is InChI=1S/C37H25OP/c38-39(26-14-3-1-4-15-26,27-16-5-2-6-17-27)35-25-13-24-34-36(35)30-20-9-12-23-33(30)37(34)31-21-10-7-18-28(31)29-19-8-11-22-32(29)37/h1-25H. The molecule has 39 heavy (non-hydrogen) atoms. The monoisotopic (exact) mass is 516 g/mol. The smallest absolute Gasteiger partial charge is 0.171 e. The van der Waals surface area contributed by atoms with Gasteiger partial charge in [-0.15, -0.1) is 0 Å². The first-order valence-corrected chi connectivity index (χ1v) is 15.1. The minimum absolute atomic E-state index is 0.451. The van der Waals surface area contributed by atoms with Gasteiger partial charge in [0.15, 0.2) is 7.14 Å². The van der Waals surface area contributed by atoms with E-state index in [1.54, 1.807) is 0 Å². The highest BCUT2D eigenvalue weighted by molar-refractivity contribution is 7.85. The average Bonchev–Trinajstić information content (AvgIpc) is 3.49. The van der Waals surface area contributed by atoms with Crippen LogP contribution in [0.3, 0.4) is 0 Å². The maximum absolute atomic E-state index is 15.7. The summed E-state index contributed by atoms with van der Waals surface area (Å²) in [5.74, 6) is 0. The van der Waals surface area contributed by atoms with Gasteiger partial charge < -0.3 is 4.57 Å². The Balaban J connectivity index is 1.54. The van der Waals surface area contributed by atoms with Crippen LogP contribution < -0.4 is 15.9 Å². The Morgan fingerprint density at radius 2 is 0.795 bits per heavy atom. The lowest BCUT2D eigenvalue weighted by Gasteiger charge is -2.31. The Bertz CT molecular complexity index is 1850. The molecule has 0 unspecified atom stereocenters. The van der Waals surface area contributed by atoms with E-state index in [1.165, 1.54) is 38.9 Å². The molecule has 6 aromatic rings. The molecule has 184 valence electrons. The molecule has 2 aliphatic carbocycles. The van der Waals surface area contributed by atoms with Crippen LogP contribution >= 0.6 is 7.14 Å². The lowest BCUT2D eigenvalue weighted by molar-refractivity contribution is 0.592. The Kier molecular flexibility index (Phi) is 4.78. The minimum atomic E-state index is -3.20. The number of benzene rings is 6. The van der Waals surface area contributed by atoms with E-state index < -0.39 is 12.6 Å². The van der Waals surface area contributed by atoms with Crippen LogP contribution in [0.2, 0.25) is 0 Å². The van der Waals surface area contributed by atoms with Crippen LogP contribution in [-0.4, -0.2) is 0 Å². The largest absolute Gasteiger partial charge is 0.309 e. The van der Waals surface area contributed by atoms with Gasteiger partial charge in [-0.2, -0.15) is 0 Å². The molecule has 0 fully saturated rings. The molecule has 0 radical (unpaired) electrons. The van der Waals surface area contributed by atoms with Crippen molar-refractivity contribution in [1.82, 2.24) is 0 Å². The van der Waals surface area contributed by atoms with Crippen LogP contribution in [0.25, 0.3) is 22.3 Å². The van der Waals surface area contributed by atoms with E-state index >= 15 is 4.57 Å². The van der Waals surface area contributed by atoms with Gasteiger partial charge in [0, 0.05) is 15.9 Å². The summed E-state index contributed by atoms with van der Waals surface area (Å²) >= 11 is 0. The Labute approximate surface area is 228 Å². The quantitative estimate of drug-likeness (QED) is 0.220. The molecule has 6 aromatic carbocycles. The fraction of sp³-hybridized carbons (Fsp3) is 0.0270. The van der Waals surface area contributed by atoms with Crippen molar-refractivity contribution in [3.05, 3.63) is 174 Å². The van der Waals surface area contributed by atoms with Crippen molar-refractivity contribution in [2.45, 2.75) is 5.41 Å². The zero-order chi connectivity index (χ0) is 26.0. The molecule has 0 N–H and O–H groups in total. The van der Waals surface area contributed by atoms with E-state index in [0.29, 0.717) is 0 Å². The lowest BCUT2D eigenvalue weighted by Crippen LogP contribution is -2.29. The molecule has 0 aliphatic heterocycles. The van der Waals surface area contributed by atoms with Gasteiger partial charge >= 0.3 is 0 Å². The number of fused-ring (bicyclic) bond motifs is 10. The third-order valence-corrected chi connectivity index (χ3v) is 11.7. The van der Waals surface area contributed by atoms with Crippen molar-refractivity contribution >= 4 is 23.1 Å².